The summed E-state index contributed by atoms with van der Waals surface area (Å²) in [5, 5.41) is 9.44. The molecule has 88 valence electrons. The molecule has 2 nitrogen and oxygen atoms in total. The predicted octanol–water partition coefficient (Wildman–Crippen LogP) is 2.55. The first-order chi connectivity index (χ1) is 7.36. The Kier molecular flexibility index (Phi) is 4.04. The van der Waals surface area contributed by atoms with E-state index >= 15 is 0 Å². The smallest absolute Gasteiger partial charge is 0.0587 e. The fourth-order valence-corrected chi connectivity index (χ4v) is 3.53. The zero-order valence-corrected chi connectivity index (χ0v) is 9.99. The van der Waals surface area contributed by atoms with E-state index in [-0.39, 0.29) is 0 Å². The molecule has 3 atom stereocenters. The maximum absolute atomic E-state index is 9.44. The molecule has 2 saturated heterocycles. The van der Waals surface area contributed by atoms with E-state index in [2.05, 4.69) is 11.8 Å². The van der Waals surface area contributed by atoms with E-state index in [1.807, 2.05) is 0 Å². The second kappa shape index (κ2) is 5.31. The van der Waals surface area contributed by atoms with Crippen LogP contribution in [0.4, 0.5) is 0 Å². The number of nitrogens with zero attached hydrogens (tertiary/aromatic N) is 1. The van der Waals surface area contributed by atoms with Crippen molar-refractivity contribution in [1.82, 2.24) is 4.90 Å². The van der Waals surface area contributed by atoms with Crippen LogP contribution in [0.15, 0.2) is 0 Å². The minimum atomic E-state index is 0.374. The van der Waals surface area contributed by atoms with Crippen LogP contribution in [-0.2, 0) is 0 Å². The SMILES string of the molecule is CCCC[C@@H]1CC[C@H]2CCC[C@@H](CO)N12. The van der Waals surface area contributed by atoms with Crippen LogP contribution in [0, 0.1) is 0 Å². The monoisotopic (exact) mass is 211 g/mol. The Hall–Kier alpha value is -0.0800. The van der Waals surface area contributed by atoms with E-state index in [1.165, 1.54) is 51.4 Å². The molecule has 0 aromatic rings. The van der Waals surface area contributed by atoms with Crippen molar-refractivity contribution in [3.05, 3.63) is 0 Å². The number of piperidine rings is 1. The highest BCUT2D eigenvalue weighted by Gasteiger charge is 2.39. The van der Waals surface area contributed by atoms with Gasteiger partial charge in [0.25, 0.3) is 0 Å². The summed E-state index contributed by atoms with van der Waals surface area (Å²) in [4.78, 5) is 2.67. The molecule has 0 bridgehead atoms. The molecule has 0 spiro atoms. The van der Waals surface area contributed by atoms with Gasteiger partial charge in [0.15, 0.2) is 0 Å². The van der Waals surface area contributed by atoms with E-state index in [0.717, 1.165) is 12.1 Å². The first-order valence-corrected chi connectivity index (χ1v) is 6.75. The average Bonchev–Trinajstić information content (AvgIpc) is 2.69. The largest absolute Gasteiger partial charge is 0.395 e. The zero-order valence-electron chi connectivity index (χ0n) is 9.99. The molecule has 15 heavy (non-hydrogen) atoms. The predicted molar refractivity (Wildman–Crippen MR) is 62.9 cm³/mol. The van der Waals surface area contributed by atoms with Crippen LogP contribution >= 0.6 is 0 Å². The van der Waals surface area contributed by atoms with Crippen molar-refractivity contribution in [2.24, 2.45) is 0 Å². The first-order valence-electron chi connectivity index (χ1n) is 6.75. The molecule has 0 saturated carbocycles. The fraction of sp³-hybridized carbons (Fsp3) is 1.00. The number of hydrogen-bond acceptors (Lipinski definition) is 2. The summed E-state index contributed by atoms with van der Waals surface area (Å²) in [6.07, 6.45) is 10.7. The lowest BCUT2D eigenvalue weighted by Crippen LogP contribution is -2.48. The standard InChI is InChI=1S/C13H25NO/c1-2-3-5-11-8-9-12-6-4-7-13(10-15)14(11)12/h11-13,15H,2-10H2,1H3/t11-,12-,13+/m1/s1. The van der Waals surface area contributed by atoms with E-state index in [4.69, 9.17) is 0 Å². The summed E-state index contributed by atoms with van der Waals surface area (Å²) in [5.41, 5.74) is 0. The lowest BCUT2D eigenvalue weighted by atomic mass is 9.96. The topological polar surface area (TPSA) is 23.5 Å². The van der Waals surface area contributed by atoms with E-state index in [1.54, 1.807) is 0 Å². The molecular formula is C13H25NO. The number of fused-ring (bicyclic) bond motifs is 1. The molecule has 0 aliphatic carbocycles. The van der Waals surface area contributed by atoms with Crippen molar-refractivity contribution in [2.75, 3.05) is 6.61 Å². The summed E-state index contributed by atoms with van der Waals surface area (Å²) >= 11 is 0. The van der Waals surface area contributed by atoms with E-state index in [9.17, 15) is 5.11 Å². The Balaban J connectivity index is 1.95. The molecule has 0 radical (unpaired) electrons. The minimum Gasteiger partial charge on any atom is -0.395 e. The average molecular weight is 211 g/mol. The van der Waals surface area contributed by atoms with Crippen molar-refractivity contribution < 1.29 is 5.11 Å². The molecule has 2 aliphatic rings. The third kappa shape index (κ3) is 2.36. The quantitative estimate of drug-likeness (QED) is 0.772. The fourth-order valence-electron chi connectivity index (χ4n) is 3.53. The Labute approximate surface area is 93.7 Å². The molecular weight excluding hydrogens is 186 g/mol. The summed E-state index contributed by atoms with van der Waals surface area (Å²) in [5.74, 6) is 0. The van der Waals surface area contributed by atoms with Crippen LogP contribution < -0.4 is 0 Å². The third-order valence-electron chi connectivity index (χ3n) is 4.27. The second-order valence-electron chi connectivity index (χ2n) is 5.24. The van der Waals surface area contributed by atoms with Crippen molar-refractivity contribution in [3.8, 4) is 0 Å². The lowest BCUT2D eigenvalue weighted by molar-refractivity contribution is 0.0399. The van der Waals surface area contributed by atoms with Gasteiger partial charge in [0.1, 0.15) is 0 Å². The number of rotatable bonds is 4. The maximum atomic E-state index is 9.44. The first kappa shape index (κ1) is 11.4. The van der Waals surface area contributed by atoms with E-state index < -0.39 is 0 Å². The van der Waals surface area contributed by atoms with Crippen molar-refractivity contribution >= 4 is 0 Å². The van der Waals surface area contributed by atoms with Gasteiger partial charge in [-0.2, -0.15) is 0 Å². The third-order valence-corrected chi connectivity index (χ3v) is 4.27. The van der Waals surface area contributed by atoms with Gasteiger partial charge < -0.3 is 5.11 Å². The van der Waals surface area contributed by atoms with Gasteiger partial charge in [-0.1, -0.05) is 26.2 Å². The lowest BCUT2D eigenvalue weighted by Gasteiger charge is -2.40. The molecule has 2 heterocycles. The number of unbranched alkanes of at least 4 members (excludes halogenated alkanes) is 1. The molecule has 2 aliphatic heterocycles. The highest BCUT2D eigenvalue weighted by atomic mass is 16.3. The molecule has 0 aromatic carbocycles. The second-order valence-corrected chi connectivity index (χ2v) is 5.24. The molecule has 0 amide bonds. The number of aliphatic hydroxyl groups excluding tert-OH is 1. The normalized spacial score (nSPS) is 36.8. The van der Waals surface area contributed by atoms with Crippen LogP contribution in [0.5, 0.6) is 0 Å². The van der Waals surface area contributed by atoms with Crippen molar-refractivity contribution in [3.63, 3.8) is 0 Å². The van der Waals surface area contributed by atoms with Gasteiger partial charge in [-0.05, 0) is 32.1 Å². The molecule has 0 aromatic heterocycles. The molecule has 0 unspecified atom stereocenters. The Bertz CT molecular complexity index is 195. The number of hydrogen-bond donors (Lipinski definition) is 1. The Morgan fingerprint density at radius 1 is 1.13 bits per heavy atom. The van der Waals surface area contributed by atoms with Crippen LogP contribution in [0.2, 0.25) is 0 Å². The van der Waals surface area contributed by atoms with Gasteiger partial charge in [-0.15, -0.1) is 0 Å². The van der Waals surface area contributed by atoms with Crippen molar-refractivity contribution in [2.45, 2.75) is 76.4 Å². The van der Waals surface area contributed by atoms with Crippen LogP contribution in [0.25, 0.3) is 0 Å². The van der Waals surface area contributed by atoms with Gasteiger partial charge in [0.05, 0.1) is 6.61 Å². The molecule has 2 rings (SSSR count). The highest BCUT2D eigenvalue weighted by molar-refractivity contribution is 4.94. The highest BCUT2D eigenvalue weighted by Crippen LogP contribution is 2.36. The summed E-state index contributed by atoms with van der Waals surface area (Å²) in [7, 11) is 0. The van der Waals surface area contributed by atoms with Crippen LogP contribution in [-0.4, -0.2) is 34.7 Å². The zero-order chi connectivity index (χ0) is 10.7. The van der Waals surface area contributed by atoms with Gasteiger partial charge in [-0.3, -0.25) is 4.90 Å². The van der Waals surface area contributed by atoms with Gasteiger partial charge >= 0.3 is 0 Å². The van der Waals surface area contributed by atoms with Gasteiger partial charge in [0, 0.05) is 18.1 Å². The Morgan fingerprint density at radius 2 is 2.00 bits per heavy atom. The minimum absolute atomic E-state index is 0.374. The Morgan fingerprint density at radius 3 is 2.73 bits per heavy atom. The number of aliphatic hydroxyl groups is 1. The molecule has 2 heteroatoms. The molecule has 1 N–H and O–H groups in total. The summed E-state index contributed by atoms with van der Waals surface area (Å²) in [6, 6.07) is 2.07. The van der Waals surface area contributed by atoms with Crippen LogP contribution in [0.3, 0.4) is 0 Å². The van der Waals surface area contributed by atoms with E-state index in [0.29, 0.717) is 12.6 Å². The summed E-state index contributed by atoms with van der Waals surface area (Å²) in [6.45, 7) is 2.64. The van der Waals surface area contributed by atoms with Crippen molar-refractivity contribution in [1.29, 1.82) is 0 Å². The molecule has 2 fully saturated rings. The maximum Gasteiger partial charge on any atom is 0.0587 e. The van der Waals surface area contributed by atoms with Crippen LogP contribution in [0.1, 0.15) is 58.3 Å². The summed E-state index contributed by atoms with van der Waals surface area (Å²) < 4.78 is 0. The van der Waals surface area contributed by atoms with Gasteiger partial charge in [-0.25, -0.2) is 0 Å². The van der Waals surface area contributed by atoms with Gasteiger partial charge in [0.2, 0.25) is 0 Å².